The Hall–Kier alpha value is -4.60. The van der Waals surface area contributed by atoms with Crippen molar-refractivity contribution in [2.45, 2.75) is 13.1 Å². The largest absolute Gasteiger partial charge is 0.465 e. The predicted octanol–water partition coefficient (Wildman–Crippen LogP) is 5.92. The van der Waals surface area contributed by atoms with Gasteiger partial charge in [0.05, 0.1) is 23.6 Å². The molecule has 0 amide bonds. The second kappa shape index (κ2) is 9.57. The van der Waals surface area contributed by atoms with Crippen LogP contribution in [0.4, 0.5) is 13.2 Å². The Morgan fingerprint density at radius 2 is 1.56 bits per heavy atom. The van der Waals surface area contributed by atoms with Crippen LogP contribution < -0.4 is 14.9 Å². The molecule has 184 valence electrons. The van der Waals surface area contributed by atoms with E-state index in [-0.39, 0.29) is 28.0 Å². The normalized spacial score (nSPS) is 11.2. The molecule has 4 aromatic rings. The number of carbonyl (C=O) groups is 2. The van der Waals surface area contributed by atoms with Crippen molar-refractivity contribution < 1.29 is 41.4 Å². The van der Waals surface area contributed by atoms with Gasteiger partial charge in [-0.2, -0.15) is 13.2 Å². The molecule has 0 spiro atoms. The average molecular weight is 498 g/mol. The third-order valence-corrected chi connectivity index (χ3v) is 5.15. The lowest BCUT2D eigenvalue weighted by Gasteiger charge is -2.14. The molecular weight excluding hydrogens is 481 g/mol. The zero-order valence-electron chi connectivity index (χ0n) is 18.8. The highest BCUT2D eigenvalue weighted by atomic mass is 19.4. The van der Waals surface area contributed by atoms with E-state index in [1.807, 2.05) is 0 Å². The van der Waals surface area contributed by atoms with E-state index in [0.717, 1.165) is 6.07 Å². The lowest BCUT2D eigenvalue weighted by atomic mass is 10.1. The lowest BCUT2D eigenvalue weighted by molar-refractivity contribution is -0.154. The van der Waals surface area contributed by atoms with Crippen LogP contribution in [0.2, 0.25) is 0 Å². The number of ether oxygens (including phenoxy) is 3. The van der Waals surface area contributed by atoms with Crippen molar-refractivity contribution in [1.82, 2.24) is 0 Å². The summed E-state index contributed by atoms with van der Waals surface area (Å²) < 4.78 is 61.5. The standard InChI is InChI=1S/C26H17F3O7/c1-14-5-3-4-6-18(14)25(32)35-17-11-12-19-20(13-17)36-23(26(27,28)29)22(21(19)30)34-16-9-7-15(8-10-16)24(31)33-2/h3-13H,1-2H3. The van der Waals surface area contributed by atoms with Crippen LogP contribution in [0.5, 0.6) is 17.2 Å². The number of rotatable bonds is 5. The molecule has 0 fully saturated rings. The first-order chi connectivity index (χ1) is 17.1. The van der Waals surface area contributed by atoms with Crippen molar-refractivity contribution >= 4 is 22.9 Å². The molecule has 3 aromatic carbocycles. The Labute approximate surface area is 201 Å². The van der Waals surface area contributed by atoms with Gasteiger partial charge < -0.3 is 18.6 Å². The number of methoxy groups -OCH3 is 1. The molecule has 0 aliphatic carbocycles. The molecule has 10 heteroatoms. The quantitative estimate of drug-likeness (QED) is 0.249. The highest BCUT2D eigenvalue weighted by Gasteiger charge is 2.40. The molecule has 0 radical (unpaired) electrons. The Morgan fingerprint density at radius 1 is 0.889 bits per heavy atom. The van der Waals surface area contributed by atoms with E-state index in [1.165, 1.54) is 43.5 Å². The summed E-state index contributed by atoms with van der Waals surface area (Å²) in [7, 11) is 1.18. The maximum absolute atomic E-state index is 13.8. The number of aryl methyl sites for hydroxylation is 1. The number of hydrogen-bond acceptors (Lipinski definition) is 7. The molecule has 0 saturated carbocycles. The number of halogens is 3. The smallest absolute Gasteiger partial charge is 0.453 e. The summed E-state index contributed by atoms with van der Waals surface area (Å²) in [5, 5.41) is -0.222. The molecule has 36 heavy (non-hydrogen) atoms. The van der Waals surface area contributed by atoms with Gasteiger partial charge in [-0.05, 0) is 55.0 Å². The number of esters is 2. The van der Waals surface area contributed by atoms with Crippen molar-refractivity contribution in [3.63, 3.8) is 0 Å². The minimum absolute atomic E-state index is 0.112. The summed E-state index contributed by atoms with van der Waals surface area (Å²) in [5.74, 6) is -4.37. The number of hydrogen-bond donors (Lipinski definition) is 0. The van der Waals surface area contributed by atoms with Crippen LogP contribution in [0.3, 0.4) is 0 Å². The highest BCUT2D eigenvalue weighted by molar-refractivity contribution is 5.93. The van der Waals surface area contributed by atoms with E-state index in [4.69, 9.17) is 13.9 Å². The Kier molecular flexibility index (Phi) is 6.52. The third kappa shape index (κ3) is 4.92. The van der Waals surface area contributed by atoms with E-state index in [2.05, 4.69) is 4.74 Å². The Bertz CT molecular complexity index is 1520. The van der Waals surface area contributed by atoms with Gasteiger partial charge in [0.15, 0.2) is 0 Å². The maximum atomic E-state index is 13.8. The Balaban J connectivity index is 1.72. The van der Waals surface area contributed by atoms with Gasteiger partial charge in [-0.25, -0.2) is 9.59 Å². The monoisotopic (exact) mass is 498 g/mol. The summed E-state index contributed by atoms with van der Waals surface area (Å²) in [6, 6.07) is 15.1. The number of alkyl halides is 3. The van der Waals surface area contributed by atoms with Crippen molar-refractivity contribution in [3.8, 4) is 17.2 Å². The van der Waals surface area contributed by atoms with Crippen molar-refractivity contribution in [1.29, 1.82) is 0 Å². The number of benzene rings is 3. The number of fused-ring (bicyclic) bond motifs is 1. The fourth-order valence-corrected chi connectivity index (χ4v) is 3.36. The summed E-state index contributed by atoms with van der Waals surface area (Å²) in [5.41, 5.74) is -0.472. The summed E-state index contributed by atoms with van der Waals surface area (Å²) >= 11 is 0. The molecule has 1 heterocycles. The van der Waals surface area contributed by atoms with Crippen LogP contribution in [0.15, 0.2) is 75.9 Å². The average Bonchev–Trinajstić information content (AvgIpc) is 2.85. The van der Waals surface area contributed by atoms with Gasteiger partial charge in [-0.1, -0.05) is 18.2 Å². The van der Waals surface area contributed by atoms with E-state index < -0.39 is 40.6 Å². The lowest BCUT2D eigenvalue weighted by Crippen LogP contribution is -2.16. The van der Waals surface area contributed by atoms with Crippen LogP contribution in [0.25, 0.3) is 11.0 Å². The topological polar surface area (TPSA) is 92.0 Å². The molecular formula is C26H17F3O7. The molecule has 4 rings (SSSR count). The number of carbonyl (C=O) groups excluding carboxylic acids is 2. The van der Waals surface area contributed by atoms with Crippen LogP contribution in [-0.4, -0.2) is 19.0 Å². The zero-order valence-corrected chi connectivity index (χ0v) is 18.8. The summed E-state index contributed by atoms with van der Waals surface area (Å²) in [6.07, 6.45) is -5.08. The first-order valence-electron chi connectivity index (χ1n) is 10.4. The van der Waals surface area contributed by atoms with Gasteiger partial charge in [0.2, 0.25) is 11.2 Å². The van der Waals surface area contributed by atoms with Crippen LogP contribution in [0.1, 0.15) is 32.0 Å². The zero-order chi connectivity index (χ0) is 26.0. The molecule has 0 aliphatic rings. The minimum Gasteiger partial charge on any atom is -0.465 e. The van der Waals surface area contributed by atoms with Crippen LogP contribution in [-0.2, 0) is 10.9 Å². The van der Waals surface area contributed by atoms with Crippen molar-refractivity contribution in [3.05, 3.63) is 99.4 Å². The third-order valence-electron chi connectivity index (χ3n) is 5.15. The van der Waals surface area contributed by atoms with E-state index in [9.17, 15) is 27.6 Å². The maximum Gasteiger partial charge on any atom is 0.453 e. The fourth-order valence-electron chi connectivity index (χ4n) is 3.36. The van der Waals surface area contributed by atoms with Gasteiger partial charge in [-0.3, -0.25) is 4.79 Å². The first-order valence-corrected chi connectivity index (χ1v) is 10.4. The van der Waals surface area contributed by atoms with Crippen LogP contribution in [0, 0.1) is 6.92 Å². The van der Waals surface area contributed by atoms with E-state index >= 15 is 0 Å². The highest BCUT2D eigenvalue weighted by Crippen LogP contribution is 2.38. The SMILES string of the molecule is COC(=O)c1ccc(Oc2c(C(F)(F)F)oc3cc(OC(=O)c4ccccc4C)ccc3c2=O)cc1. The van der Waals surface area contributed by atoms with Gasteiger partial charge >= 0.3 is 18.1 Å². The van der Waals surface area contributed by atoms with Gasteiger partial charge in [0, 0.05) is 6.07 Å². The van der Waals surface area contributed by atoms with Gasteiger partial charge in [-0.15, -0.1) is 0 Å². The summed E-state index contributed by atoms with van der Waals surface area (Å²) in [4.78, 5) is 37.0. The van der Waals surface area contributed by atoms with Crippen molar-refractivity contribution in [2.24, 2.45) is 0 Å². The van der Waals surface area contributed by atoms with E-state index in [1.54, 1.807) is 31.2 Å². The molecule has 0 N–H and O–H groups in total. The van der Waals surface area contributed by atoms with E-state index in [0.29, 0.717) is 5.56 Å². The second-order valence-corrected chi connectivity index (χ2v) is 7.57. The second-order valence-electron chi connectivity index (χ2n) is 7.57. The molecule has 7 nitrogen and oxygen atoms in total. The molecule has 1 aromatic heterocycles. The predicted molar refractivity (Wildman–Crippen MR) is 121 cm³/mol. The molecule has 0 saturated heterocycles. The van der Waals surface area contributed by atoms with Gasteiger partial charge in [0.1, 0.15) is 17.1 Å². The molecule has 0 aliphatic heterocycles. The first kappa shape index (κ1) is 24.5. The fraction of sp³-hybridized carbons (Fsp3) is 0.115. The molecule has 0 bridgehead atoms. The van der Waals surface area contributed by atoms with Gasteiger partial charge in [0.25, 0.3) is 5.76 Å². The molecule has 0 atom stereocenters. The van der Waals surface area contributed by atoms with Crippen molar-refractivity contribution in [2.75, 3.05) is 7.11 Å². The minimum atomic E-state index is -5.08. The Morgan fingerprint density at radius 3 is 2.19 bits per heavy atom. The molecule has 0 unspecified atom stereocenters. The van der Waals surface area contributed by atoms with Crippen LogP contribution >= 0.6 is 0 Å². The summed E-state index contributed by atoms with van der Waals surface area (Å²) in [6.45, 7) is 1.70.